The molecule has 0 aromatic heterocycles. The van der Waals surface area contributed by atoms with Gasteiger partial charge in [0.05, 0.1) is 18.6 Å². The van der Waals surface area contributed by atoms with Gasteiger partial charge in [0.15, 0.2) is 27.9 Å². The predicted octanol–water partition coefficient (Wildman–Crippen LogP) is 0.203. The molecular weight excluding hydrogens is 338 g/mol. The van der Waals surface area contributed by atoms with Crippen molar-refractivity contribution in [3.05, 3.63) is 23.8 Å². The number of phenolic OH excluding ortho intramolecular Hbond substituents is 1. The van der Waals surface area contributed by atoms with Crippen LogP contribution in [0.2, 0.25) is 0 Å². The number of methoxy groups -OCH3 is 1. The molecule has 1 aromatic rings. The van der Waals surface area contributed by atoms with Crippen molar-refractivity contribution in [3.63, 3.8) is 0 Å². The second kappa shape index (κ2) is 7.08. The number of phenols is 1. The maximum absolute atomic E-state index is 12.1. The Balaban J connectivity index is 1.95. The lowest BCUT2D eigenvalue weighted by molar-refractivity contribution is -0.134. The third-order valence-electron chi connectivity index (χ3n) is 3.92. The summed E-state index contributed by atoms with van der Waals surface area (Å²) in [6.45, 7) is -0.539. The second-order valence-electron chi connectivity index (χ2n) is 5.49. The molecule has 8 nitrogen and oxygen atoms in total. The Morgan fingerprint density at radius 2 is 2.08 bits per heavy atom. The Morgan fingerprint density at radius 1 is 1.38 bits per heavy atom. The van der Waals surface area contributed by atoms with E-state index in [9.17, 15) is 23.1 Å². The van der Waals surface area contributed by atoms with Crippen LogP contribution in [0, 0.1) is 0 Å². The lowest BCUT2D eigenvalue weighted by Crippen LogP contribution is -2.40. The number of nitrogens with zero attached hydrogens (tertiary/aromatic N) is 1. The number of esters is 1. The van der Waals surface area contributed by atoms with Gasteiger partial charge in [0.25, 0.3) is 5.91 Å². The summed E-state index contributed by atoms with van der Waals surface area (Å²) in [6.07, 6.45) is 0.370. The predicted molar refractivity (Wildman–Crippen MR) is 84.8 cm³/mol. The Labute approximate surface area is 139 Å². The molecule has 1 fully saturated rings. The smallest absolute Gasteiger partial charge is 0.342 e. The number of para-hydroxylation sites is 1. The highest BCUT2D eigenvalue weighted by Crippen LogP contribution is 2.29. The number of carbonyl (C=O) groups is 2. The van der Waals surface area contributed by atoms with Crippen LogP contribution in [0.15, 0.2) is 18.2 Å². The van der Waals surface area contributed by atoms with Crippen molar-refractivity contribution in [1.82, 2.24) is 4.90 Å². The van der Waals surface area contributed by atoms with E-state index in [1.165, 1.54) is 37.3 Å². The van der Waals surface area contributed by atoms with Crippen LogP contribution in [0.3, 0.4) is 0 Å². The number of carbonyl (C=O) groups excluding carboxylic acids is 2. The van der Waals surface area contributed by atoms with Crippen LogP contribution in [0.5, 0.6) is 11.5 Å². The first-order chi connectivity index (χ1) is 11.2. The summed E-state index contributed by atoms with van der Waals surface area (Å²) in [4.78, 5) is 25.3. The lowest BCUT2D eigenvalue weighted by atomic mass is 10.2. The number of sulfone groups is 1. The van der Waals surface area contributed by atoms with E-state index in [0.717, 1.165) is 0 Å². The summed E-state index contributed by atoms with van der Waals surface area (Å²) in [6, 6.07) is 3.92. The third kappa shape index (κ3) is 3.97. The van der Waals surface area contributed by atoms with E-state index in [4.69, 9.17) is 9.47 Å². The molecule has 24 heavy (non-hydrogen) atoms. The topological polar surface area (TPSA) is 110 Å². The van der Waals surface area contributed by atoms with Gasteiger partial charge in [-0.25, -0.2) is 13.2 Å². The Morgan fingerprint density at radius 3 is 2.67 bits per heavy atom. The number of aromatic hydroxyl groups is 1. The van der Waals surface area contributed by atoms with Gasteiger partial charge in [0.1, 0.15) is 5.56 Å². The van der Waals surface area contributed by atoms with Gasteiger partial charge < -0.3 is 19.5 Å². The zero-order valence-electron chi connectivity index (χ0n) is 13.4. The highest BCUT2D eigenvalue weighted by molar-refractivity contribution is 7.91. The SMILES string of the molecule is COc1cccc(C(=O)OCC(=O)N(C)[C@H]2CCS(=O)(=O)C2)c1O. The van der Waals surface area contributed by atoms with E-state index in [-0.39, 0.29) is 28.6 Å². The maximum atomic E-state index is 12.1. The molecule has 9 heteroatoms. The van der Waals surface area contributed by atoms with E-state index in [2.05, 4.69) is 0 Å². The highest BCUT2D eigenvalue weighted by atomic mass is 32.2. The molecule has 0 unspecified atom stereocenters. The van der Waals surface area contributed by atoms with Crippen LogP contribution in [0.1, 0.15) is 16.8 Å². The van der Waals surface area contributed by atoms with Crippen molar-refractivity contribution in [2.24, 2.45) is 0 Å². The molecule has 2 rings (SSSR count). The van der Waals surface area contributed by atoms with Gasteiger partial charge >= 0.3 is 5.97 Å². The van der Waals surface area contributed by atoms with Gasteiger partial charge in [-0.15, -0.1) is 0 Å². The van der Waals surface area contributed by atoms with Crippen molar-refractivity contribution in [2.45, 2.75) is 12.5 Å². The summed E-state index contributed by atoms with van der Waals surface area (Å²) in [5, 5.41) is 9.88. The first-order valence-corrected chi connectivity index (χ1v) is 9.06. The van der Waals surface area contributed by atoms with Crippen molar-refractivity contribution < 1.29 is 32.6 Å². The fraction of sp³-hybridized carbons (Fsp3) is 0.467. The van der Waals surface area contributed by atoms with Crippen molar-refractivity contribution in [1.29, 1.82) is 0 Å². The molecule has 1 aromatic carbocycles. The molecule has 1 N–H and O–H groups in total. The largest absolute Gasteiger partial charge is 0.504 e. The molecule has 0 spiro atoms. The van der Waals surface area contributed by atoms with Crippen LogP contribution in [-0.2, 0) is 19.4 Å². The van der Waals surface area contributed by atoms with Gasteiger partial charge in [0, 0.05) is 13.1 Å². The van der Waals surface area contributed by atoms with Gasteiger partial charge in [-0.2, -0.15) is 0 Å². The van der Waals surface area contributed by atoms with Crippen LogP contribution in [0.25, 0.3) is 0 Å². The van der Waals surface area contributed by atoms with E-state index >= 15 is 0 Å². The number of hydrogen-bond donors (Lipinski definition) is 1. The molecule has 132 valence electrons. The van der Waals surface area contributed by atoms with Crippen molar-refractivity contribution in [2.75, 3.05) is 32.3 Å². The van der Waals surface area contributed by atoms with Gasteiger partial charge in [-0.05, 0) is 18.6 Å². The first kappa shape index (κ1) is 18.1. The molecule has 0 bridgehead atoms. The highest BCUT2D eigenvalue weighted by Gasteiger charge is 2.33. The molecular formula is C15H19NO7S. The molecule has 1 aliphatic rings. The fourth-order valence-electron chi connectivity index (χ4n) is 2.44. The quantitative estimate of drug-likeness (QED) is 0.750. The van der Waals surface area contributed by atoms with Crippen LogP contribution in [0.4, 0.5) is 0 Å². The molecule has 1 heterocycles. The van der Waals surface area contributed by atoms with Crippen LogP contribution >= 0.6 is 0 Å². The molecule has 1 saturated heterocycles. The number of amides is 1. The van der Waals surface area contributed by atoms with Gasteiger partial charge in [-0.3, -0.25) is 4.79 Å². The summed E-state index contributed by atoms with van der Waals surface area (Å²) in [5.41, 5.74) is -0.117. The first-order valence-electron chi connectivity index (χ1n) is 7.24. The molecule has 1 amide bonds. The monoisotopic (exact) mass is 357 g/mol. The van der Waals surface area contributed by atoms with E-state index in [0.29, 0.717) is 6.42 Å². The normalized spacial score (nSPS) is 18.8. The minimum absolute atomic E-state index is 0.0484. The summed E-state index contributed by atoms with van der Waals surface area (Å²) >= 11 is 0. The average molecular weight is 357 g/mol. The Bertz CT molecular complexity index is 744. The number of rotatable bonds is 5. The minimum Gasteiger partial charge on any atom is -0.504 e. The number of ether oxygens (including phenoxy) is 2. The van der Waals surface area contributed by atoms with Crippen molar-refractivity contribution >= 4 is 21.7 Å². The van der Waals surface area contributed by atoms with E-state index in [1.54, 1.807) is 0 Å². The molecule has 0 aliphatic carbocycles. The van der Waals surface area contributed by atoms with Gasteiger partial charge in [0.2, 0.25) is 0 Å². The molecule has 0 saturated carbocycles. The zero-order chi connectivity index (χ0) is 17.9. The third-order valence-corrected chi connectivity index (χ3v) is 5.67. The standard InChI is InChI=1S/C15H19NO7S/c1-16(10-6-7-24(20,21)9-10)13(17)8-23-15(19)11-4-3-5-12(22-2)14(11)18/h3-5,10,18H,6-9H2,1-2H3/t10-/m0/s1. The molecule has 0 radical (unpaired) electrons. The van der Waals surface area contributed by atoms with E-state index < -0.39 is 34.4 Å². The second-order valence-corrected chi connectivity index (χ2v) is 7.72. The number of hydrogen-bond acceptors (Lipinski definition) is 7. The van der Waals surface area contributed by atoms with Crippen LogP contribution in [-0.4, -0.2) is 68.6 Å². The Hall–Kier alpha value is -2.29. The summed E-state index contributed by atoms with van der Waals surface area (Å²) < 4.78 is 32.7. The summed E-state index contributed by atoms with van der Waals surface area (Å²) in [5.74, 6) is -1.66. The van der Waals surface area contributed by atoms with Crippen LogP contribution < -0.4 is 4.74 Å². The molecule has 1 atom stereocenters. The minimum atomic E-state index is -3.11. The Kier molecular flexibility index (Phi) is 5.33. The zero-order valence-corrected chi connectivity index (χ0v) is 14.2. The van der Waals surface area contributed by atoms with Crippen molar-refractivity contribution in [3.8, 4) is 11.5 Å². The number of benzene rings is 1. The summed E-state index contributed by atoms with van der Waals surface area (Å²) in [7, 11) is -0.288. The maximum Gasteiger partial charge on any atom is 0.342 e. The molecule has 1 aliphatic heterocycles. The fourth-order valence-corrected chi connectivity index (χ4v) is 4.22. The van der Waals surface area contributed by atoms with Gasteiger partial charge in [-0.1, -0.05) is 6.07 Å². The average Bonchev–Trinajstić information content (AvgIpc) is 2.91. The lowest BCUT2D eigenvalue weighted by Gasteiger charge is -2.23. The van der Waals surface area contributed by atoms with E-state index in [1.807, 2.05) is 0 Å². The number of likely N-dealkylation sites (N-methyl/N-ethyl adjacent to an activating group) is 1.